The van der Waals surface area contributed by atoms with Crippen LogP contribution in [0, 0.1) is 6.20 Å². The summed E-state index contributed by atoms with van der Waals surface area (Å²) in [7, 11) is 0. The van der Waals surface area contributed by atoms with Crippen LogP contribution in [0.2, 0.25) is 0 Å². The number of anilines is 1. The standard InChI is InChI=1S/C15H16N3O/c1-9-7-10(2)18(9)12-4-3-11-5-6-17-14(15(16)19)13(11)8-12/h3-5,8-10H,7H2,1-2H3,(H2,16,19). The molecule has 1 aliphatic heterocycles. The third kappa shape index (κ3) is 1.84. The molecule has 2 atom stereocenters. The summed E-state index contributed by atoms with van der Waals surface area (Å²) < 4.78 is 0. The first-order valence-corrected chi connectivity index (χ1v) is 6.47. The van der Waals surface area contributed by atoms with Gasteiger partial charge >= 0.3 is 0 Å². The Kier molecular flexibility index (Phi) is 2.66. The smallest absolute Gasteiger partial charge is 0.267 e. The molecule has 4 heteroatoms. The molecule has 1 aromatic heterocycles. The van der Waals surface area contributed by atoms with E-state index in [1.54, 1.807) is 6.07 Å². The Balaban J connectivity index is 2.14. The number of carbonyl (C=O) groups is 1. The Hall–Kier alpha value is -2.10. The number of primary amides is 1. The van der Waals surface area contributed by atoms with Gasteiger partial charge in [-0.15, -0.1) is 0 Å². The molecule has 0 bridgehead atoms. The maximum absolute atomic E-state index is 11.4. The summed E-state index contributed by atoms with van der Waals surface area (Å²) in [5, 5.41) is 1.74. The van der Waals surface area contributed by atoms with Crippen LogP contribution in [-0.2, 0) is 0 Å². The van der Waals surface area contributed by atoms with E-state index in [1.807, 2.05) is 12.1 Å². The highest BCUT2D eigenvalue weighted by Gasteiger charge is 2.31. The SMILES string of the molecule is CC1CC(C)N1c1ccc2c[c]nc(C(N)=O)c2c1. The zero-order valence-corrected chi connectivity index (χ0v) is 11.1. The summed E-state index contributed by atoms with van der Waals surface area (Å²) in [6.45, 7) is 4.41. The van der Waals surface area contributed by atoms with Gasteiger partial charge in [0.1, 0.15) is 5.69 Å². The lowest BCUT2D eigenvalue weighted by Gasteiger charge is -2.47. The van der Waals surface area contributed by atoms with Gasteiger partial charge < -0.3 is 10.6 Å². The molecule has 2 N–H and O–H groups in total. The number of benzene rings is 1. The van der Waals surface area contributed by atoms with E-state index in [9.17, 15) is 4.79 Å². The molecule has 1 amide bonds. The van der Waals surface area contributed by atoms with E-state index in [-0.39, 0.29) is 0 Å². The number of carbonyl (C=O) groups excluding carboxylic acids is 1. The molecule has 0 saturated carbocycles. The normalized spacial score (nSPS) is 22.3. The highest BCUT2D eigenvalue weighted by molar-refractivity contribution is 6.05. The Morgan fingerprint density at radius 3 is 2.79 bits per heavy atom. The summed E-state index contributed by atoms with van der Waals surface area (Å²) in [4.78, 5) is 17.8. The molecule has 0 aliphatic carbocycles. The van der Waals surface area contributed by atoms with Crippen molar-refractivity contribution in [3.05, 3.63) is 36.2 Å². The molecule has 1 fully saturated rings. The average molecular weight is 254 g/mol. The highest BCUT2D eigenvalue weighted by Crippen LogP contribution is 2.34. The molecule has 1 aliphatic rings. The van der Waals surface area contributed by atoms with Gasteiger partial charge in [-0.1, -0.05) is 6.07 Å². The lowest BCUT2D eigenvalue weighted by Crippen LogP contribution is -2.53. The van der Waals surface area contributed by atoms with Crippen molar-refractivity contribution < 1.29 is 4.79 Å². The van der Waals surface area contributed by atoms with Crippen molar-refractivity contribution in [3.63, 3.8) is 0 Å². The van der Waals surface area contributed by atoms with Crippen LogP contribution >= 0.6 is 0 Å². The third-order valence-corrected chi connectivity index (χ3v) is 3.85. The molecule has 3 rings (SSSR count). The second-order valence-electron chi connectivity index (χ2n) is 5.21. The first-order chi connectivity index (χ1) is 9.08. The van der Waals surface area contributed by atoms with E-state index >= 15 is 0 Å². The van der Waals surface area contributed by atoms with Crippen LogP contribution in [-0.4, -0.2) is 23.0 Å². The fourth-order valence-corrected chi connectivity index (χ4v) is 2.98. The van der Waals surface area contributed by atoms with Crippen LogP contribution in [0.1, 0.15) is 30.8 Å². The molecular formula is C15H16N3O. The number of nitrogens with two attached hydrogens (primary N) is 1. The largest absolute Gasteiger partial charge is 0.366 e. The first-order valence-electron chi connectivity index (χ1n) is 6.47. The summed E-state index contributed by atoms with van der Waals surface area (Å²) >= 11 is 0. The lowest BCUT2D eigenvalue weighted by atomic mass is 9.94. The van der Waals surface area contributed by atoms with Gasteiger partial charge in [-0.25, -0.2) is 4.98 Å². The van der Waals surface area contributed by atoms with Gasteiger partial charge in [0, 0.05) is 23.2 Å². The van der Waals surface area contributed by atoms with Crippen molar-refractivity contribution in [1.82, 2.24) is 4.98 Å². The number of hydrogen-bond acceptors (Lipinski definition) is 3. The van der Waals surface area contributed by atoms with Gasteiger partial charge in [0.15, 0.2) is 0 Å². The van der Waals surface area contributed by atoms with E-state index in [4.69, 9.17) is 5.73 Å². The van der Waals surface area contributed by atoms with E-state index in [2.05, 4.69) is 36.0 Å². The molecule has 1 radical (unpaired) electrons. The van der Waals surface area contributed by atoms with Crippen molar-refractivity contribution >= 4 is 22.4 Å². The minimum Gasteiger partial charge on any atom is -0.366 e. The number of rotatable bonds is 2. The van der Waals surface area contributed by atoms with Crippen molar-refractivity contribution in [2.24, 2.45) is 5.73 Å². The van der Waals surface area contributed by atoms with E-state index in [0.29, 0.717) is 17.8 Å². The monoisotopic (exact) mass is 254 g/mol. The predicted octanol–water partition coefficient (Wildman–Crippen LogP) is 2.12. The van der Waals surface area contributed by atoms with Crippen molar-refractivity contribution in [3.8, 4) is 0 Å². The fourth-order valence-electron chi connectivity index (χ4n) is 2.98. The molecule has 1 saturated heterocycles. The predicted molar refractivity (Wildman–Crippen MR) is 75.1 cm³/mol. The summed E-state index contributed by atoms with van der Waals surface area (Å²) in [5.41, 5.74) is 6.78. The van der Waals surface area contributed by atoms with Crippen LogP contribution in [0.5, 0.6) is 0 Å². The number of aromatic nitrogens is 1. The Bertz CT molecular complexity index is 645. The summed E-state index contributed by atoms with van der Waals surface area (Å²) in [5.74, 6) is -0.510. The average Bonchev–Trinajstić information content (AvgIpc) is 2.37. The van der Waals surface area contributed by atoms with Crippen LogP contribution in [0.15, 0.2) is 24.3 Å². The van der Waals surface area contributed by atoms with Gasteiger partial charge in [0.25, 0.3) is 5.91 Å². The number of hydrogen-bond donors (Lipinski definition) is 1. The zero-order valence-electron chi connectivity index (χ0n) is 11.1. The summed E-state index contributed by atoms with van der Waals surface area (Å²) in [6.07, 6.45) is 3.91. The fraction of sp³-hybridized carbons (Fsp3) is 0.333. The van der Waals surface area contributed by atoms with Gasteiger partial charge in [0.2, 0.25) is 0 Å². The van der Waals surface area contributed by atoms with Crippen molar-refractivity contribution in [2.45, 2.75) is 32.4 Å². The first kappa shape index (κ1) is 12.0. The molecule has 2 heterocycles. The van der Waals surface area contributed by atoms with Crippen LogP contribution in [0.3, 0.4) is 0 Å². The van der Waals surface area contributed by atoms with E-state index < -0.39 is 5.91 Å². The topological polar surface area (TPSA) is 59.2 Å². The highest BCUT2D eigenvalue weighted by atomic mass is 16.1. The Morgan fingerprint density at radius 1 is 1.42 bits per heavy atom. The van der Waals surface area contributed by atoms with Gasteiger partial charge in [-0.2, -0.15) is 0 Å². The Labute approximate surface area is 112 Å². The summed E-state index contributed by atoms with van der Waals surface area (Å²) in [6, 6.07) is 8.91. The minimum absolute atomic E-state index is 0.292. The van der Waals surface area contributed by atoms with Gasteiger partial charge in [0.05, 0.1) is 6.20 Å². The molecule has 19 heavy (non-hydrogen) atoms. The third-order valence-electron chi connectivity index (χ3n) is 3.85. The Morgan fingerprint density at radius 2 is 2.16 bits per heavy atom. The van der Waals surface area contributed by atoms with Gasteiger partial charge in [-0.3, -0.25) is 4.79 Å². The van der Waals surface area contributed by atoms with Crippen molar-refractivity contribution in [2.75, 3.05) is 4.90 Å². The second kappa shape index (κ2) is 4.23. The number of amides is 1. The minimum atomic E-state index is -0.510. The van der Waals surface area contributed by atoms with Crippen LogP contribution in [0.25, 0.3) is 10.8 Å². The zero-order chi connectivity index (χ0) is 13.6. The maximum Gasteiger partial charge on any atom is 0.267 e. The molecule has 1 aromatic carbocycles. The van der Waals surface area contributed by atoms with E-state index in [0.717, 1.165) is 16.5 Å². The molecule has 0 spiro atoms. The lowest BCUT2D eigenvalue weighted by molar-refractivity contribution is 0.0997. The molecule has 97 valence electrons. The maximum atomic E-state index is 11.4. The van der Waals surface area contributed by atoms with Crippen LogP contribution in [0.4, 0.5) is 5.69 Å². The van der Waals surface area contributed by atoms with Crippen molar-refractivity contribution in [1.29, 1.82) is 0 Å². The molecule has 2 aromatic rings. The van der Waals surface area contributed by atoms with E-state index in [1.165, 1.54) is 6.42 Å². The second-order valence-corrected chi connectivity index (χ2v) is 5.21. The van der Waals surface area contributed by atoms with Crippen LogP contribution < -0.4 is 10.6 Å². The van der Waals surface area contributed by atoms with Gasteiger partial charge in [-0.05, 0) is 43.9 Å². The quantitative estimate of drug-likeness (QED) is 0.893. The molecular weight excluding hydrogens is 238 g/mol. The number of fused-ring (bicyclic) bond motifs is 1. The number of pyridine rings is 1. The molecule has 2 unspecified atom stereocenters. The molecule has 4 nitrogen and oxygen atoms in total. The number of nitrogens with zero attached hydrogens (tertiary/aromatic N) is 2.